The van der Waals surface area contributed by atoms with Gasteiger partial charge in [0.1, 0.15) is 0 Å². The Morgan fingerprint density at radius 1 is 1.07 bits per heavy atom. The number of carbonyl (C=O) groups excluding carboxylic acids is 1. The van der Waals surface area contributed by atoms with E-state index in [1.54, 1.807) is 0 Å². The smallest absolute Gasteiger partial charge is 0.227 e. The quantitative estimate of drug-likeness (QED) is 0.721. The van der Waals surface area contributed by atoms with E-state index in [2.05, 4.69) is 39.8 Å². The van der Waals surface area contributed by atoms with Gasteiger partial charge < -0.3 is 5.32 Å². The van der Waals surface area contributed by atoms with Crippen molar-refractivity contribution in [3.8, 4) is 11.4 Å². The third kappa shape index (κ3) is 3.77. The second-order valence-corrected chi connectivity index (χ2v) is 10.3. The van der Waals surface area contributed by atoms with Gasteiger partial charge in [-0.05, 0) is 84.8 Å². The summed E-state index contributed by atoms with van der Waals surface area (Å²) in [4.78, 5) is 13.1. The van der Waals surface area contributed by atoms with Gasteiger partial charge in [-0.25, -0.2) is 0 Å². The third-order valence-corrected chi connectivity index (χ3v) is 8.02. The van der Waals surface area contributed by atoms with Crippen molar-refractivity contribution >= 4 is 5.91 Å². The number of rotatable bonds is 7. The maximum atomic E-state index is 13.1. The summed E-state index contributed by atoms with van der Waals surface area (Å²) >= 11 is 0. The summed E-state index contributed by atoms with van der Waals surface area (Å²) in [6, 6.07) is 7.98. The van der Waals surface area contributed by atoms with E-state index in [1.165, 1.54) is 32.1 Å². The minimum atomic E-state index is -0.136. The van der Waals surface area contributed by atoms with E-state index in [-0.39, 0.29) is 17.7 Å². The van der Waals surface area contributed by atoms with Crippen molar-refractivity contribution in [1.82, 2.24) is 25.9 Å². The second-order valence-electron chi connectivity index (χ2n) is 10.3. The van der Waals surface area contributed by atoms with Crippen LogP contribution in [0.4, 0.5) is 0 Å². The number of amides is 1. The number of aromatic amines is 1. The molecule has 1 amide bonds. The van der Waals surface area contributed by atoms with E-state index in [0.717, 1.165) is 53.7 Å². The van der Waals surface area contributed by atoms with Crippen LogP contribution in [0.25, 0.3) is 11.4 Å². The van der Waals surface area contributed by atoms with Gasteiger partial charge in [-0.15, -0.1) is 10.2 Å². The summed E-state index contributed by atoms with van der Waals surface area (Å²) in [6.45, 7) is 5.06. The van der Waals surface area contributed by atoms with E-state index in [1.807, 2.05) is 24.3 Å². The number of benzene rings is 1. The highest BCUT2D eigenvalue weighted by atomic mass is 16.1. The Kier molecular flexibility index (Phi) is 5.34. The SMILES string of the molecule is CC(C)C(C(=O)NCCC1C2CC3CC(C2)CC1C3)c1ccc(-c2nn[nH]n2)cc1. The molecule has 2 aromatic rings. The molecule has 0 saturated heterocycles. The zero-order valence-electron chi connectivity index (χ0n) is 18.1. The van der Waals surface area contributed by atoms with Crippen LogP contribution < -0.4 is 5.32 Å². The van der Waals surface area contributed by atoms with Gasteiger partial charge in [0.15, 0.2) is 0 Å². The topological polar surface area (TPSA) is 83.6 Å². The molecule has 0 radical (unpaired) electrons. The Balaban J connectivity index is 1.19. The lowest BCUT2D eigenvalue weighted by molar-refractivity contribution is -0.123. The van der Waals surface area contributed by atoms with Crippen molar-refractivity contribution in [2.45, 2.75) is 58.3 Å². The van der Waals surface area contributed by atoms with Gasteiger partial charge in [-0.2, -0.15) is 5.21 Å². The molecule has 4 bridgehead atoms. The fraction of sp³-hybridized carbons (Fsp3) is 0.667. The summed E-state index contributed by atoms with van der Waals surface area (Å²) in [5.74, 6) is 5.55. The van der Waals surface area contributed by atoms with E-state index < -0.39 is 0 Å². The number of carbonyl (C=O) groups is 1. The predicted molar refractivity (Wildman–Crippen MR) is 115 cm³/mol. The van der Waals surface area contributed by atoms with Gasteiger partial charge in [0, 0.05) is 12.1 Å². The molecule has 2 N–H and O–H groups in total. The largest absolute Gasteiger partial charge is 0.356 e. The molecule has 4 aliphatic carbocycles. The van der Waals surface area contributed by atoms with Crippen LogP contribution >= 0.6 is 0 Å². The lowest BCUT2D eigenvalue weighted by Crippen LogP contribution is -2.46. The number of nitrogens with zero attached hydrogens (tertiary/aromatic N) is 3. The molecular formula is C24H33N5O. The molecule has 6 nitrogen and oxygen atoms in total. The summed E-state index contributed by atoms with van der Waals surface area (Å²) in [7, 11) is 0. The van der Waals surface area contributed by atoms with Crippen LogP contribution in [0.15, 0.2) is 24.3 Å². The molecule has 1 atom stereocenters. The first-order chi connectivity index (χ1) is 14.6. The summed E-state index contributed by atoms with van der Waals surface area (Å²) < 4.78 is 0. The number of H-pyrrole nitrogens is 1. The molecule has 4 saturated carbocycles. The van der Waals surface area contributed by atoms with Gasteiger partial charge >= 0.3 is 0 Å². The van der Waals surface area contributed by atoms with Crippen LogP contribution in [0.1, 0.15) is 63.9 Å². The monoisotopic (exact) mass is 407 g/mol. The Morgan fingerprint density at radius 3 is 2.30 bits per heavy atom. The van der Waals surface area contributed by atoms with Crippen LogP contribution in [0.5, 0.6) is 0 Å². The van der Waals surface area contributed by atoms with E-state index in [9.17, 15) is 4.79 Å². The lowest BCUT2D eigenvalue weighted by atomic mass is 9.51. The van der Waals surface area contributed by atoms with E-state index in [0.29, 0.717) is 5.82 Å². The van der Waals surface area contributed by atoms with E-state index in [4.69, 9.17) is 0 Å². The molecule has 1 aromatic carbocycles. The lowest BCUT2D eigenvalue weighted by Gasteiger charge is -2.54. The number of tetrazole rings is 1. The fourth-order valence-electron chi connectivity index (χ4n) is 6.94. The van der Waals surface area contributed by atoms with Crippen molar-refractivity contribution in [2.24, 2.45) is 35.5 Å². The molecule has 30 heavy (non-hydrogen) atoms. The van der Waals surface area contributed by atoms with Crippen molar-refractivity contribution in [3.05, 3.63) is 29.8 Å². The molecule has 1 heterocycles. The van der Waals surface area contributed by atoms with Crippen LogP contribution in [0, 0.1) is 35.5 Å². The highest BCUT2D eigenvalue weighted by Crippen LogP contribution is 2.57. The first-order valence-electron chi connectivity index (χ1n) is 11.7. The molecule has 4 aliphatic rings. The molecule has 6 heteroatoms. The molecule has 0 spiro atoms. The van der Waals surface area contributed by atoms with Gasteiger partial charge in [0.25, 0.3) is 0 Å². The van der Waals surface area contributed by atoms with Crippen LogP contribution in [0.3, 0.4) is 0 Å². The number of aromatic nitrogens is 4. The maximum Gasteiger partial charge on any atom is 0.227 e. The highest BCUT2D eigenvalue weighted by molar-refractivity contribution is 5.84. The average Bonchev–Trinajstić information content (AvgIpc) is 3.25. The number of hydrogen-bond donors (Lipinski definition) is 2. The summed E-state index contributed by atoms with van der Waals surface area (Å²) in [5, 5.41) is 17.4. The van der Waals surface area contributed by atoms with Crippen LogP contribution in [0.2, 0.25) is 0 Å². The first-order valence-corrected chi connectivity index (χ1v) is 11.7. The average molecular weight is 408 g/mol. The van der Waals surface area contributed by atoms with Gasteiger partial charge in [0.05, 0.1) is 5.92 Å². The molecule has 6 rings (SSSR count). The van der Waals surface area contributed by atoms with Crippen molar-refractivity contribution in [1.29, 1.82) is 0 Å². The molecule has 1 unspecified atom stereocenters. The Hall–Kier alpha value is -2.24. The molecular weight excluding hydrogens is 374 g/mol. The highest BCUT2D eigenvalue weighted by Gasteiger charge is 2.47. The standard InChI is InChI=1S/C24H33N5O/c1-14(2)22(17-3-5-18(6-4-17)23-26-28-29-27-23)24(30)25-8-7-21-19-10-15-9-16(12-19)13-20(21)11-15/h3-6,14-16,19-22H,7-13H2,1-2H3,(H,25,30)(H,26,27,28,29). The van der Waals surface area contributed by atoms with Crippen molar-refractivity contribution in [3.63, 3.8) is 0 Å². The minimum Gasteiger partial charge on any atom is -0.356 e. The van der Waals surface area contributed by atoms with E-state index >= 15 is 0 Å². The van der Waals surface area contributed by atoms with Crippen molar-refractivity contribution in [2.75, 3.05) is 6.54 Å². The maximum absolute atomic E-state index is 13.1. The normalized spacial score (nSPS) is 30.6. The number of nitrogens with one attached hydrogen (secondary N) is 2. The van der Waals surface area contributed by atoms with Crippen molar-refractivity contribution < 1.29 is 4.79 Å². The Labute approximate surface area is 178 Å². The Morgan fingerprint density at radius 2 is 1.73 bits per heavy atom. The summed E-state index contributed by atoms with van der Waals surface area (Å²) in [6.07, 6.45) is 8.46. The molecule has 160 valence electrons. The molecule has 0 aliphatic heterocycles. The predicted octanol–water partition coefficient (Wildman–Crippen LogP) is 4.18. The first kappa shape index (κ1) is 19.7. The van der Waals surface area contributed by atoms with Crippen LogP contribution in [-0.2, 0) is 4.79 Å². The minimum absolute atomic E-state index is 0.136. The van der Waals surface area contributed by atoms with Gasteiger partial charge in [0.2, 0.25) is 11.7 Å². The zero-order chi connectivity index (χ0) is 20.7. The second kappa shape index (κ2) is 8.12. The fourth-order valence-corrected chi connectivity index (χ4v) is 6.94. The summed E-state index contributed by atoms with van der Waals surface area (Å²) in [5.41, 5.74) is 1.95. The molecule has 1 aromatic heterocycles. The Bertz CT molecular complexity index is 832. The van der Waals surface area contributed by atoms with Gasteiger partial charge in [-0.3, -0.25) is 4.79 Å². The zero-order valence-corrected chi connectivity index (χ0v) is 18.1. The third-order valence-electron chi connectivity index (χ3n) is 8.02. The van der Waals surface area contributed by atoms with Gasteiger partial charge in [-0.1, -0.05) is 38.1 Å². The number of hydrogen-bond acceptors (Lipinski definition) is 4. The van der Waals surface area contributed by atoms with Crippen LogP contribution in [-0.4, -0.2) is 33.1 Å². The molecule has 4 fully saturated rings.